The first-order valence-corrected chi connectivity index (χ1v) is 13.7. The van der Waals surface area contributed by atoms with Gasteiger partial charge in [0.25, 0.3) is 15.9 Å². The van der Waals surface area contributed by atoms with Gasteiger partial charge >= 0.3 is 0 Å². The molecule has 11 heteroatoms. The molecule has 2 N–H and O–H groups in total. The van der Waals surface area contributed by atoms with Gasteiger partial charge in [-0.1, -0.05) is 53.5 Å². The van der Waals surface area contributed by atoms with Gasteiger partial charge in [0.15, 0.2) is 12.4 Å². The summed E-state index contributed by atoms with van der Waals surface area (Å²) in [5.41, 5.74) is 1.24. The molecule has 0 unspecified atom stereocenters. The molecule has 4 aromatic carbocycles. The average molecular weight is 585 g/mol. The lowest BCUT2D eigenvalue weighted by atomic mass is 10.0. The van der Waals surface area contributed by atoms with Gasteiger partial charge in [0.05, 0.1) is 28.4 Å². The molecule has 0 aliphatic rings. The van der Waals surface area contributed by atoms with Crippen LogP contribution in [0.5, 0.6) is 11.5 Å². The van der Waals surface area contributed by atoms with Crippen LogP contribution in [0.1, 0.15) is 15.9 Å². The third-order valence-electron chi connectivity index (χ3n) is 5.44. The van der Waals surface area contributed by atoms with Gasteiger partial charge < -0.3 is 14.8 Å². The zero-order valence-electron chi connectivity index (χ0n) is 20.5. The van der Waals surface area contributed by atoms with Crippen LogP contribution in [0.4, 0.5) is 11.4 Å². The van der Waals surface area contributed by atoms with Crippen molar-refractivity contribution in [1.29, 1.82) is 0 Å². The topological polar surface area (TPSA) is 111 Å². The Hall–Kier alpha value is -4.05. The number of nitrogens with one attached hydrogen (secondary N) is 2. The predicted molar refractivity (Wildman–Crippen MR) is 151 cm³/mol. The van der Waals surface area contributed by atoms with Crippen LogP contribution in [0.3, 0.4) is 0 Å². The van der Waals surface area contributed by atoms with Crippen molar-refractivity contribution >= 4 is 56.3 Å². The maximum absolute atomic E-state index is 12.9. The molecular formula is C28H22Cl2N2O6S. The van der Waals surface area contributed by atoms with Gasteiger partial charge in [0, 0.05) is 16.1 Å². The smallest absolute Gasteiger partial charge is 0.262 e. The van der Waals surface area contributed by atoms with Gasteiger partial charge in [-0.2, -0.15) is 0 Å². The molecule has 0 aliphatic carbocycles. The zero-order valence-corrected chi connectivity index (χ0v) is 22.8. The molecule has 0 aliphatic heterocycles. The first-order valence-electron chi connectivity index (χ1n) is 11.4. The Kier molecular flexibility index (Phi) is 8.75. The van der Waals surface area contributed by atoms with Crippen LogP contribution in [0.2, 0.25) is 10.0 Å². The minimum absolute atomic E-state index is 0.0172. The lowest BCUT2D eigenvalue weighted by molar-refractivity contribution is -0.118. The molecule has 0 heterocycles. The number of carbonyl (C=O) groups is 2. The Morgan fingerprint density at radius 3 is 2.26 bits per heavy atom. The lowest BCUT2D eigenvalue weighted by Gasteiger charge is -2.13. The Bertz CT molecular complexity index is 1610. The Morgan fingerprint density at radius 1 is 0.872 bits per heavy atom. The van der Waals surface area contributed by atoms with E-state index in [9.17, 15) is 18.0 Å². The molecule has 0 radical (unpaired) electrons. The Labute approximate surface area is 235 Å². The Balaban J connectivity index is 1.39. The summed E-state index contributed by atoms with van der Waals surface area (Å²) in [6, 6.07) is 23.3. The third-order valence-corrected chi connectivity index (χ3v) is 7.37. The number of ether oxygens (including phenoxy) is 2. The number of sulfonamides is 1. The molecular weight excluding hydrogens is 563 g/mol. The fourth-order valence-electron chi connectivity index (χ4n) is 3.55. The second-order valence-corrected chi connectivity index (χ2v) is 10.7. The first-order chi connectivity index (χ1) is 18.7. The molecule has 8 nitrogen and oxygen atoms in total. The van der Waals surface area contributed by atoms with Crippen molar-refractivity contribution in [1.82, 2.24) is 0 Å². The van der Waals surface area contributed by atoms with Crippen molar-refractivity contribution in [3.63, 3.8) is 0 Å². The molecule has 0 spiro atoms. The summed E-state index contributed by atoms with van der Waals surface area (Å²) in [7, 11) is -2.45. The van der Waals surface area contributed by atoms with E-state index in [2.05, 4.69) is 10.0 Å². The number of amides is 1. The number of hydrogen-bond donors (Lipinski definition) is 2. The number of ketones is 1. The summed E-state index contributed by atoms with van der Waals surface area (Å²) in [4.78, 5) is 25.5. The first kappa shape index (κ1) is 28.0. The van der Waals surface area contributed by atoms with E-state index in [1.165, 1.54) is 49.6 Å². The van der Waals surface area contributed by atoms with Gasteiger partial charge in [0.2, 0.25) is 0 Å². The van der Waals surface area contributed by atoms with Gasteiger partial charge in [-0.25, -0.2) is 8.42 Å². The van der Waals surface area contributed by atoms with Crippen molar-refractivity contribution in [3.05, 3.63) is 112 Å². The van der Waals surface area contributed by atoms with Gasteiger partial charge in [0.1, 0.15) is 11.5 Å². The third kappa shape index (κ3) is 7.08. The summed E-state index contributed by atoms with van der Waals surface area (Å²) >= 11 is 12.2. The van der Waals surface area contributed by atoms with E-state index in [0.717, 1.165) is 0 Å². The highest BCUT2D eigenvalue weighted by Crippen LogP contribution is 2.29. The summed E-state index contributed by atoms with van der Waals surface area (Å²) in [6.45, 7) is -0.379. The number of hydrogen-bond acceptors (Lipinski definition) is 6. The van der Waals surface area contributed by atoms with Crippen molar-refractivity contribution < 1.29 is 27.5 Å². The van der Waals surface area contributed by atoms with E-state index in [1.54, 1.807) is 48.5 Å². The van der Waals surface area contributed by atoms with Gasteiger partial charge in [-0.05, 0) is 60.7 Å². The van der Waals surface area contributed by atoms with Crippen molar-refractivity contribution in [2.75, 3.05) is 23.8 Å². The van der Waals surface area contributed by atoms with Crippen LogP contribution < -0.4 is 19.5 Å². The summed E-state index contributed by atoms with van der Waals surface area (Å²) in [5, 5.41) is 3.27. The van der Waals surface area contributed by atoms with Crippen molar-refractivity contribution in [2.45, 2.75) is 4.90 Å². The van der Waals surface area contributed by atoms with E-state index in [0.29, 0.717) is 16.3 Å². The van der Waals surface area contributed by atoms with E-state index < -0.39 is 15.9 Å². The van der Waals surface area contributed by atoms with E-state index in [-0.39, 0.29) is 45.0 Å². The number of carbonyl (C=O) groups excluding carboxylic acids is 2. The molecule has 0 aromatic heterocycles. The van der Waals surface area contributed by atoms with E-state index in [4.69, 9.17) is 32.7 Å². The minimum atomic E-state index is -3.90. The van der Waals surface area contributed by atoms with Crippen LogP contribution in [-0.4, -0.2) is 33.8 Å². The maximum Gasteiger partial charge on any atom is 0.262 e. The summed E-state index contributed by atoms with van der Waals surface area (Å²) in [6.07, 6.45) is 0. The second-order valence-electron chi connectivity index (χ2n) is 8.15. The van der Waals surface area contributed by atoms with Crippen LogP contribution in [0, 0.1) is 0 Å². The fraction of sp³-hybridized carbons (Fsp3) is 0.0714. The molecule has 39 heavy (non-hydrogen) atoms. The van der Waals surface area contributed by atoms with Crippen LogP contribution in [0.25, 0.3) is 0 Å². The molecule has 0 atom stereocenters. The highest BCUT2D eigenvalue weighted by molar-refractivity contribution is 7.92. The number of rotatable bonds is 10. The fourth-order valence-corrected chi connectivity index (χ4v) is 5.03. The molecule has 0 saturated heterocycles. The molecule has 0 bridgehead atoms. The molecule has 4 rings (SSSR count). The average Bonchev–Trinajstić information content (AvgIpc) is 2.93. The van der Waals surface area contributed by atoms with E-state index in [1.807, 2.05) is 0 Å². The van der Waals surface area contributed by atoms with Crippen molar-refractivity contribution in [3.8, 4) is 11.5 Å². The minimum Gasteiger partial charge on any atom is -0.495 e. The number of anilines is 2. The van der Waals surface area contributed by atoms with Crippen LogP contribution >= 0.6 is 23.2 Å². The molecule has 4 aromatic rings. The zero-order chi connectivity index (χ0) is 28.0. The van der Waals surface area contributed by atoms with Crippen LogP contribution in [-0.2, 0) is 14.8 Å². The molecule has 0 saturated carbocycles. The predicted octanol–water partition coefficient (Wildman–Crippen LogP) is 6.05. The summed E-state index contributed by atoms with van der Waals surface area (Å²) in [5.74, 6) is -0.126. The number of halogens is 2. The van der Waals surface area contributed by atoms with Crippen LogP contribution in [0.15, 0.2) is 95.9 Å². The molecule has 200 valence electrons. The van der Waals surface area contributed by atoms with E-state index >= 15 is 0 Å². The highest BCUT2D eigenvalue weighted by Gasteiger charge is 2.18. The largest absolute Gasteiger partial charge is 0.495 e. The maximum atomic E-state index is 12.9. The summed E-state index contributed by atoms with van der Waals surface area (Å²) < 4.78 is 38.5. The quantitative estimate of drug-likeness (QED) is 0.219. The van der Waals surface area contributed by atoms with Crippen molar-refractivity contribution in [2.24, 2.45) is 0 Å². The molecule has 0 fully saturated rings. The number of benzene rings is 4. The van der Waals surface area contributed by atoms with Gasteiger partial charge in [-0.15, -0.1) is 0 Å². The second kappa shape index (κ2) is 12.2. The standard InChI is InChI=1S/C28H22Cl2N2O6S/c1-37-26-14-8-20(16-24(26)30)32-39(35,36)22-11-9-21(10-12-22)38-17-27(33)31-25-13-7-19(29)15-23(25)28(34)18-5-3-2-4-6-18/h2-16,32H,17H2,1H3,(H,31,33). The normalized spacial score (nSPS) is 10.9. The highest BCUT2D eigenvalue weighted by atomic mass is 35.5. The Morgan fingerprint density at radius 2 is 1.59 bits per heavy atom. The lowest BCUT2D eigenvalue weighted by Crippen LogP contribution is -2.21. The SMILES string of the molecule is COc1ccc(NS(=O)(=O)c2ccc(OCC(=O)Nc3ccc(Cl)cc3C(=O)c3ccccc3)cc2)cc1Cl. The number of methoxy groups -OCH3 is 1. The van der Waals surface area contributed by atoms with Gasteiger partial charge in [-0.3, -0.25) is 14.3 Å². The molecule has 1 amide bonds. The monoisotopic (exact) mass is 584 g/mol.